The first-order valence-electron chi connectivity index (χ1n) is 5.67. The highest BCUT2D eigenvalue weighted by Crippen LogP contribution is 2.15. The Labute approximate surface area is 95.7 Å². The van der Waals surface area contributed by atoms with E-state index in [2.05, 4.69) is 19.8 Å². The van der Waals surface area contributed by atoms with Crippen LogP contribution in [0.2, 0.25) is 0 Å². The Morgan fingerprint density at radius 2 is 1.88 bits per heavy atom. The van der Waals surface area contributed by atoms with Crippen molar-refractivity contribution in [1.29, 1.82) is 0 Å². The van der Waals surface area contributed by atoms with E-state index in [1.54, 1.807) is 12.4 Å². The molecule has 0 spiro atoms. The van der Waals surface area contributed by atoms with Gasteiger partial charge in [-0.1, -0.05) is 0 Å². The number of aliphatic hydroxyl groups is 1. The maximum atomic E-state index is 8.87. The van der Waals surface area contributed by atoms with Crippen molar-refractivity contribution < 1.29 is 5.11 Å². The summed E-state index contributed by atoms with van der Waals surface area (Å²) in [6.07, 6.45) is 3.46. The zero-order valence-electron chi connectivity index (χ0n) is 9.63. The molecule has 0 aromatic carbocycles. The number of rotatable bonds is 3. The van der Waals surface area contributed by atoms with E-state index >= 15 is 0 Å². The second-order valence-corrected chi connectivity index (χ2v) is 4.02. The smallest absolute Gasteiger partial charge is 0.150 e. The van der Waals surface area contributed by atoms with Crippen molar-refractivity contribution in [1.82, 2.24) is 14.9 Å². The van der Waals surface area contributed by atoms with E-state index in [0.29, 0.717) is 0 Å². The Bertz CT molecular complexity index is 337. The van der Waals surface area contributed by atoms with Crippen LogP contribution in [-0.4, -0.2) is 59.3 Å². The Morgan fingerprint density at radius 1 is 1.19 bits per heavy atom. The molecule has 1 fully saturated rings. The van der Waals surface area contributed by atoms with Crippen LogP contribution in [0.15, 0.2) is 12.4 Å². The second kappa shape index (κ2) is 5.23. The average Bonchev–Trinajstić information content (AvgIpc) is 2.31. The van der Waals surface area contributed by atoms with Gasteiger partial charge in [0, 0.05) is 45.1 Å². The number of aromatic nitrogens is 2. The molecule has 2 rings (SSSR count). The predicted molar refractivity (Wildman–Crippen MR) is 62.5 cm³/mol. The van der Waals surface area contributed by atoms with E-state index in [1.807, 2.05) is 6.92 Å². The molecule has 1 aliphatic heterocycles. The number of aryl methyl sites for hydroxylation is 1. The summed E-state index contributed by atoms with van der Waals surface area (Å²) in [6.45, 7) is 6.88. The molecule has 1 saturated heterocycles. The molecule has 5 nitrogen and oxygen atoms in total. The number of anilines is 1. The largest absolute Gasteiger partial charge is 0.395 e. The summed E-state index contributed by atoms with van der Waals surface area (Å²) in [5, 5.41) is 8.87. The highest BCUT2D eigenvalue weighted by molar-refractivity contribution is 5.42. The summed E-state index contributed by atoms with van der Waals surface area (Å²) in [7, 11) is 0. The Balaban J connectivity index is 1.96. The lowest BCUT2D eigenvalue weighted by Gasteiger charge is -2.35. The molecule has 0 atom stereocenters. The van der Waals surface area contributed by atoms with Gasteiger partial charge in [0.25, 0.3) is 0 Å². The highest BCUT2D eigenvalue weighted by atomic mass is 16.3. The summed E-state index contributed by atoms with van der Waals surface area (Å²) in [5.41, 5.74) is 0.984. The lowest BCUT2D eigenvalue weighted by atomic mass is 10.3. The van der Waals surface area contributed by atoms with Gasteiger partial charge in [0.1, 0.15) is 5.82 Å². The first-order chi connectivity index (χ1) is 7.81. The van der Waals surface area contributed by atoms with Crippen LogP contribution in [0.3, 0.4) is 0 Å². The van der Waals surface area contributed by atoms with Gasteiger partial charge in [-0.15, -0.1) is 0 Å². The second-order valence-electron chi connectivity index (χ2n) is 4.02. The van der Waals surface area contributed by atoms with Crippen molar-refractivity contribution in [2.24, 2.45) is 0 Å². The van der Waals surface area contributed by atoms with Crippen molar-refractivity contribution in [3.8, 4) is 0 Å². The Hall–Kier alpha value is -1.20. The van der Waals surface area contributed by atoms with E-state index in [-0.39, 0.29) is 6.61 Å². The lowest BCUT2D eigenvalue weighted by Crippen LogP contribution is -2.47. The van der Waals surface area contributed by atoms with Crippen LogP contribution in [0, 0.1) is 6.92 Å². The minimum Gasteiger partial charge on any atom is -0.395 e. The van der Waals surface area contributed by atoms with Crippen LogP contribution < -0.4 is 4.90 Å². The van der Waals surface area contributed by atoms with E-state index in [9.17, 15) is 0 Å². The molecule has 0 aliphatic carbocycles. The van der Waals surface area contributed by atoms with E-state index in [0.717, 1.165) is 44.2 Å². The third-order valence-corrected chi connectivity index (χ3v) is 2.94. The molecule has 0 unspecified atom stereocenters. The normalized spacial score (nSPS) is 17.8. The quantitative estimate of drug-likeness (QED) is 0.774. The van der Waals surface area contributed by atoms with Crippen LogP contribution >= 0.6 is 0 Å². The summed E-state index contributed by atoms with van der Waals surface area (Å²) >= 11 is 0. The average molecular weight is 222 g/mol. The van der Waals surface area contributed by atoms with Gasteiger partial charge in [0.05, 0.1) is 12.3 Å². The van der Waals surface area contributed by atoms with Gasteiger partial charge < -0.3 is 10.0 Å². The molecule has 1 N–H and O–H groups in total. The van der Waals surface area contributed by atoms with Crippen LogP contribution in [0.1, 0.15) is 5.69 Å². The molecule has 1 aliphatic rings. The molecule has 88 valence electrons. The van der Waals surface area contributed by atoms with Gasteiger partial charge >= 0.3 is 0 Å². The van der Waals surface area contributed by atoms with Crippen molar-refractivity contribution >= 4 is 5.82 Å². The van der Waals surface area contributed by atoms with Crippen molar-refractivity contribution in [3.05, 3.63) is 18.1 Å². The first kappa shape index (κ1) is 11.3. The maximum Gasteiger partial charge on any atom is 0.150 e. The summed E-state index contributed by atoms with van der Waals surface area (Å²) < 4.78 is 0. The molecule has 0 saturated carbocycles. The summed E-state index contributed by atoms with van der Waals surface area (Å²) in [4.78, 5) is 13.1. The van der Waals surface area contributed by atoms with Crippen LogP contribution in [0.4, 0.5) is 5.82 Å². The van der Waals surface area contributed by atoms with Crippen LogP contribution in [0.25, 0.3) is 0 Å². The number of nitrogens with zero attached hydrogens (tertiary/aromatic N) is 4. The molecule has 0 radical (unpaired) electrons. The molecule has 1 aromatic heterocycles. The molecule has 0 amide bonds. The topological polar surface area (TPSA) is 52.5 Å². The van der Waals surface area contributed by atoms with Gasteiger partial charge in [0.15, 0.2) is 0 Å². The monoisotopic (exact) mass is 222 g/mol. The zero-order chi connectivity index (χ0) is 11.4. The SMILES string of the molecule is Cc1nccnc1N1CCN(CCO)CC1. The van der Waals surface area contributed by atoms with Gasteiger partial charge in [-0.2, -0.15) is 0 Å². The van der Waals surface area contributed by atoms with Gasteiger partial charge in [-0.05, 0) is 6.92 Å². The standard InChI is InChI=1S/C11H18N4O/c1-10-11(13-3-2-12-10)15-6-4-14(5-7-15)8-9-16/h2-3,16H,4-9H2,1H3. The van der Waals surface area contributed by atoms with Crippen molar-refractivity contribution in [3.63, 3.8) is 0 Å². The minimum atomic E-state index is 0.240. The van der Waals surface area contributed by atoms with Crippen molar-refractivity contribution in [2.45, 2.75) is 6.92 Å². The first-order valence-corrected chi connectivity index (χ1v) is 5.67. The number of hydrogen-bond acceptors (Lipinski definition) is 5. The molecule has 2 heterocycles. The third-order valence-electron chi connectivity index (χ3n) is 2.94. The fraction of sp³-hybridized carbons (Fsp3) is 0.636. The maximum absolute atomic E-state index is 8.87. The van der Waals surface area contributed by atoms with Crippen LogP contribution in [-0.2, 0) is 0 Å². The molecule has 0 bridgehead atoms. The molecule has 16 heavy (non-hydrogen) atoms. The third kappa shape index (κ3) is 2.48. The Morgan fingerprint density at radius 3 is 2.50 bits per heavy atom. The van der Waals surface area contributed by atoms with E-state index in [1.165, 1.54) is 0 Å². The van der Waals surface area contributed by atoms with Crippen molar-refractivity contribution in [2.75, 3.05) is 44.2 Å². The molecular formula is C11H18N4O. The fourth-order valence-electron chi connectivity index (χ4n) is 2.04. The number of piperazine rings is 1. The van der Waals surface area contributed by atoms with E-state index in [4.69, 9.17) is 5.11 Å². The predicted octanol–water partition coefficient (Wildman–Crippen LogP) is -0.101. The zero-order valence-corrected chi connectivity index (χ0v) is 9.63. The number of aliphatic hydroxyl groups excluding tert-OH is 1. The van der Waals surface area contributed by atoms with Crippen LogP contribution in [0.5, 0.6) is 0 Å². The molecule has 1 aromatic rings. The number of β-amino-alcohol motifs (C(OH)–C–C–N with tert-alkyl or cyclic N) is 1. The Kier molecular flexibility index (Phi) is 3.69. The van der Waals surface area contributed by atoms with Gasteiger partial charge in [-0.25, -0.2) is 4.98 Å². The molecular weight excluding hydrogens is 204 g/mol. The molecule has 5 heteroatoms. The summed E-state index contributed by atoms with van der Waals surface area (Å²) in [6, 6.07) is 0. The minimum absolute atomic E-state index is 0.240. The number of hydrogen-bond donors (Lipinski definition) is 1. The fourth-order valence-corrected chi connectivity index (χ4v) is 2.04. The highest BCUT2D eigenvalue weighted by Gasteiger charge is 2.18. The van der Waals surface area contributed by atoms with Gasteiger partial charge in [-0.3, -0.25) is 9.88 Å². The summed E-state index contributed by atoms with van der Waals surface area (Å²) in [5.74, 6) is 0.992. The van der Waals surface area contributed by atoms with Gasteiger partial charge in [0.2, 0.25) is 0 Å². The van der Waals surface area contributed by atoms with E-state index < -0.39 is 0 Å². The lowest BCUT2D eigenvalue weighted by molar-refractivity contribution is 0.188.